The number of nitro groups is 1. The first-order valence-corrected chi connectivity index (χ1v) is 6.95. The second-order valence-corrected chi connectivity index (χ2v) is 5.89. The summed E-state index contributed by atoms with van der Waals surface area (Å²) >= 11 is 0. The van der Waals surface area contributed by atoms with Crippen molar-refractivity contribution in [3.8, 4) is 0 Å². The van der Waals surface area contributed by atoms with Crippen molar-refractivity contribution >= 4 is 18.1 Å². The Balaban J connectivity index is 0.00000161. The quantitative estimate of drug-likeness (QED) is 0.686. The third-order valence-electron chi connectivity index (χ3n) is 4.63. The maximum absolute atomic E-state index is 13.9. The van der Waals surface area contributed by atoms with Gasteiger partial charge in [-0.05, 0) is 30.7 Å². The second kappa shape index (κ2) is 6.25. The molecule has 0 bridgehead atoms. The molecule has 0 amide bonds. The lowest BCUT2D eigenvalue weighted by molar-refractivity contribution is -0.385. The molecule has 2 fully saturated rings. The third kappa shape index (κ3) is 3.17. The fraction of sp³-hybridized carbons (Fsp3) is 0.571. The third-order valence-corrected chi connectivity index (χ3v) is 4.63. The van der Waals surface area contributed by atoms with Crippen molar-refractivity contribution in [3.05, 3.63) is 39.7 Å². The van der Waals surface area contributed by atoms with Crippen molar-refractivity contribution in [3.63, 3.8) is 0 Å². The van der Waals surface area contributed by atoms with Gasteiger partial charge in [0.05, 0.1) is 11.0 Å². The van der Waals surface area contributed by atoms with Gasteiger partial charge in [0.25, 0.3) is 5.69 Å². The van der Waals surface area contributed by atoms with E-state index in [1.807, 2.05) is 0 Å². The monoisotopic (exact) mass is 315 g/mol. The minimum Gasteiger partial charge on any atom is -0.327 e. The lowest BCUT2D eigenvalue weighted by Gasteiger charge is -2.18. The van der Waals surface area contributed by atoms with Crippen molar-refractivity contribution in [2.24, 2.45) is 17.6 Å². The van der Waals surface area contributed by atoms with Crippen LogP contribution in [0.15, 0.2) is 18.2 Å². The van der Waals surface area contributed by atoms with E-state index in [9.17, 15) is 14.5 Å². The van der Waals surface area contributed by atoms with Crippen LogP contribution in [0.5, 0.6) is 0 Å². The van der Waals surface area contributed by atoms with E-state index < -0.39 is 10.7 Å². The Morgan fingerprint density at radius 2 is 2.14 bits per heavy atom. The summed E-state index contributed by atoms with van der Waals surface area (Å²) in [4.78, 5) is 12.2. The molecule has 0 radical (unpaired) electrons. The van der Waals surface area contributed by atoms with Crippen molar-refractivity contribution in [2.45, 2.75) is 25.4 Å². The largest absolute Gasteiger partial charge is 0.327 e. The van der Waals surface area contributed by atoms with Gasteiger partial charge in [-0.3, -0.25) is 15.0 Å². The molecule has 1 aliphatic carbocycles. The topological polar surface area (TPSA) is 72.4 Å². The van der Waals surface area contributed by atoms with Gasteiger partial charge in [0.15, 0.2) is 0 Å². The Labute approximate surface area is 128 Å². The lowest BCUT2D eigenvalue weighted by Crippen LogP contribution is -2.30. The van der Waals surface area contributed by atoms with Gasteiger partial charge < -0.3 is 5.73 Å². The highest BCUT2D eigenvalue weighted by Gasteiger charge is 2.40. The number of nitro benzene ring substituents is 1. The average Bonchev–Trinajstić information content (AvgIpc) is 2.94. The number of nitrogens with zero attached hydrogens (tertiary/aromatic N) is 2. The van der Waals surface area contributed by atoms with Gasteiger partial charge >= 0.3 is 0 Å². The molecule has 1 saturated carbocycles. The highest BCUT2D eigenvalue weighted by atomic mass is 35.5. The Morgan fingerprint density at radius 1 is 1.38 bits per heavy atom. The average molecular weight is 316 g/mol. The van der Waals surface area contributed by atoms with E-state index in [0.29, 0.717) is 23.9 Å². The van der Waals surface area contributed by atoms with Gasteiger partial charge in [0.1, 0.15) is 5.82 Å². The molecule has 3 atom stereocenters. The molecular formula is C14H19ClFN3O2. The number of halogens is 2. The van der Waals surface area contributed by atoms with E-state index >= 15 is 0 Å². The first kappa shape index (κ1) is 16.1. The number of fused-ring (bicyclic) bond motifs is 1. The number of likely N-dealkylation sites (tertiary alicyclic amines) is 1. The number of rotatable bonds is 3. The van der Waals surface area contributed by atoms with Gasteiger partial charge in [0, 0.05) is 37.3 Å². The molecule has 0 spiro atoms. The fourth-order valence-corrected chi connectivity index (χ4v) is 3.55. The standard InChI is InChI=1S/C14H18FN3O2.ClH/c15-13-5-11(18(19)20)3-1-10(13)7-17-6-9-2-4-14(16)12(9)8-17;/h1,3,5,9,12,14H,2,4,6-8,16H2;1H. The van der Waals surface area contributed by atoms with Crippen molar-refractivity contribution in [1.29, 1.82) is 0 Å². The van der Waals surface area contributed by atoms with Gasteiger partial charge in [0.2, 0.25) is 0 Å². The molecule has 5 nitrogen and oxygen atoms in total. The van der Waals surface area contributed by atoms with Crippen LogP contribution < -0.4 is 5.73 Å². The SMILES string of the molecule is Cl.NC1CCC2CN(Cc3ccc([N+](=O)[O-])cc3F)CC12. The molecule has 1 aromatic rings. The fourth-order valence-electron chi connectivity index (χ4n) is 3.55. The van der Waals surface area contributed by atoms with Crippen LogP contribution in [0, 0.1) is 27.8 Å². The van der Waals surface area contributed by atoms with Crippen LogP contribution in [-0.4, -0.2) is 29.0 Å². The minimum absolute atomic E-state index is 0. The maximum atomic E-state index is 13.9. The molecule has 1 aromatic carbocycles. The number of hydrogen-bond acceptors (Lipinski definition) is 4. The number of hydrogen-bond donors (Lipinski definition) is 1. The summed E-state index contributed by atoms with van der Waals surface area (Å²) in [5.74, 6) is 0.655. The van der Waals surface area contributed by atoms with Crippen molar-refractivity contribution in [2.75, 3.05) is 13.1 Å². The van der Waals surface area contributed by atoms with Crippen molar-refractivity contribution in [1.82, 2.24) is 4.90 Å². The predicted octanol–water partition coefficient (Wildman–Crippen LogP) is 2.32. The van der Waals surface area contributed by atoms with Gasteiger partial charge in [-0.15, -0.1) is 12.4 Å². The van der Waals surface area contributed by atoms with E-state index in [1.54, 1.807) is 0 Å². The van der Waals surface area contributed by atoms with E-state index in [0.717, 1.165) is 32.0 Å². The van der Waals surface area contributed by atoms with Crippen LogP contribution >= 0.6 is 12.4 Å². The molecular weight excluding hydrogens is 297 g/mol. The van der Waals surface area contributed by atoms with E-state index in [-0.39, 0.29) is 24.1 Å². The van der Waals surface area contributed by atoms with Crippen LogP contribution in [0.4, 0.5) is 10.1 Å². The summed E-state index contributed by atoms with van der Waals surface area (Å²) in [6.45, 7) is 2.36. The van der Waals surface area contributed by atoms with Crippen molar-refractivity contribution < 1.29 is 9.31 Å². The molecule has 3 rings (SSSR count). The predicted molar refractivity (Wildman–Crippen MR) is 79.8 cm³/mol. The summed E-state index contributed by atoms with van der Waals surface area (Å²) in [6, 6.07) is 4.15. The lowest BCUT2D eigenvalue weighted by atomic mass is 9.98. The highest BCUT2D eigenvalue weighted by Crippen LogP contribution is 2.37. The summed E-state index contributed by atoms with van der Waals surface area (Å²) in [5.41, 5.74) is 6.40. The molecule has 2 N–H and O–H groups in total. The molecule has 1 heterocycles. The number of nitrogens with two attached hydrogens (primary N) is 1. The van der Waals surface area contributed by atoms with E-state index in [1.165, 1.54) is 12.1 Å². The van der Waals surface area contributed by atoms with Crippen LogP contribution in [0.25, 0.3) is 0 Å². The first-order valence-electron chi connectivity index (χ1n) is 6.95. The summed E-state index contributed by atoms with van der Waals surface area (Å²) in [6.07, 6.45) is 2.25. The van der Waals surface area contributed by atoms with E-state index in [2.05, 4.69) is 4.90 Å². The van der Waals surface area contributed by atoms with Gasteiger partial charge in [-0.2, -0.15) is 0 Å². The molecule has 0 aromatic heterocycles. The molecule has 2 aliphatic rings. The normalized spacial score (nSPS) is 28.2. The number of benzene rings is 1. The zero-order valence-corrected chi connectivity index (χ0v) is 12.4. The first-order chi connectivity index (χ1) is 9.54. The maximum Gasteiger partial charge on any atom is 0.272 e. The smallest absolute Gasteiger partial charge is 0.272 e. The van der Waals surface area contributed by atoms with E-state index in [4.69, 9.17) is 5.73 Å². The molecule has 116 valence electrons. The van der Waals surface area contributed by atoms with Gasteiger partial charge in [-0.25, -0.2) is 4.39 Å². The Bertz CT molecular complexity index is 543. The molecule has 1 aliphatic heterocycles. The summed E-state index contributed by atoms with van der Waals surface area (Å²) in [5, 5.41) is 10.6. The van der Waals surface area contributed by atoms with Crippen LogP contribution in [-0.2, 0) is 6.54 Å². The highest BCUT2D eigenvalue weighted by molar-refractivity contribution is 5.85. The Morgan fingerprint density at radius 3 is 2.76 bits per heavy atom. The molecule has 21 heavy (non-hydrogen) atoms. The van der Waals surface area contributed by atoms with Crippen LogP contribution in [0.2, 0.25) is 0 Å². The molecule has 3 unspecified atom stereocenters. The minimum atomic E-state index is -0.577. The summed E-state index contributed by atoms with van der Waals surface area (Å²) in [7, 11) is 0. The van der Waals surface area contributed by atoms with Crippen LogP contribution in [0.3, 0.4) is 0 Å². The Hall–Kier alpha value is -1.24. The summed E-state index contributed by atoms with van der Waals surface area (Å²) < 4.78 is 13.9. The Kier molecular flexibility index (Phi) is 4.81. The van der Waals surface area contributed by atoms with Gasteiger partial charge in [-0.1, -0.05) is 0 Å². The number of non-ortho nitro benzene ring substituents is 1. The molecule has 7 heteroatoms. The van der Waals surface area contributed by atoms with Crippen LogP contribution in [0.1, 0.15) is 18.4 Å². The molecule has 1 saturated heterocycles. The zero-order valence-electron chi connectivity index (χ0n) is 11.6. The second-order valence-electron chi connectivity index (χ2n) is 5.89. The zero-order chi connectivity index (χ0) is 14.3.